The molecule has 0 radical (unpaired) electrons. The maximum atomic E-state index is 14.2. The Morgan fingerprint density at radius 2 is 1.93 bits per heavy atom. The van der Waals surface area contributed by atoms with E-state index in [9.17, 15) is 19.6 Å². The number of rotatable bonds is 10. The first-order valence-corrected chi connectivity index (χ1v) is 13.6. The van der Waals surface area contributed by atoms with Crippen molar-refractivity contribution in [1.82, 2.24) is 19.4 Å². The molecule has 0 aliphatic carbocycles. The largest absolute Gasteiger partial charge is 0.478 e. The van der Waals surface area contributed by atoms with Crippen LogP contribution >= 0.6 is 0 Å². The molecule has 0 amide bonds. The summed E-state index contributed by atoms with van der Waals surface area (Å²) < 4.78 is 27.2. The predicted molar refractivity (Wildman–Crippen MR) is 150 cm³/mol. The molecule has 11 heteroatoms. The number of aromatic carboxylic acids is 1. The van der Waals surface area contributed by atoms with Crippen LogP contribution in [0, 0.1) is 28.5 Å². The number of likely N-dealkylation sites (tertiary alicyclic amines) is 1. The zero-order valence-electron chi connectivity index (χ0n) is 23.1. The van der Waals surface area contributed by atoms with Gasteiger partial charge in [0.15, 0.2) is 0 Å². The van der Waals surface area contributed by atoms with E-state index >= 15 is 0 Å². The summed E-state index contributed by atoms with van der Waals surface area (Å²) in [5, 5.41) is 28.1. The van der Waals surface area contributed by atoms with Crippen molar-refractivity contribution in [2.45, 2.75) is 38.5 Å². The summed E-state index contributed by atoms with van der Waals surface area (Å²) in [6, 6.07) is 16.8. The molecular formula is C31H29FN6O4. The predicted octanol–water partition coefficient (Wildman–Crippen LogP) is 4.62. The summed E-state index contributed by atoms with van der Waals surface area (Å²) >= 11 is 0. The fourth-order valence-corrected chi connectivity index (χ4v) is 5.24. The van der Waals surface area contributed by atoms with Gasteiger partial charge in [-0.1, -0.05) is 12.1 Å². The number of ether oxygens (including phenoxy) is 2. The molecule has 2 aromatic heterocycles. The Morgan fingerprint density at radius 3 is 2.62 bits per heavy atom. The minimum atomic E-state index is -1.10. The molecule has 42 heavy (non-hydrogen) atoms. The number of imidazole rings is 1. The fraction of sp³-hybridized carbons (Fsp3) is 0.323. The highest BCUT2D eigenvalue weighted by Crippen LogP contribution is 2.30. The molecule has 4 aromatic rings. The summed E-state index contributed by atoms with van der Waals surface area (Å²) in [6.45, 7) is 3.06. The van der Waals surface area contributed by atoms with E-state index in [1.54, 1.807) is 31.4 Å². The Hall–Kier alpha value is -4.84. The van der Waals surface area contributed by atoms with Crippen molar-refractivity contribution in [3.63, 3.8) is 0 Å². The number of nitriles is 2. The number of halogens is 1. The van der Waals surface area contributed by atoms with Gasteiger partial charge in [0, 0.05) is 36.9 Å². The molecule has 0 bridgehead atoms. The zero-order chi connectivity index (χ0) is 29.6. The molecule has 0 spiro atoms. The number of piperidine rings is 1. The van der Waals surface area contributed by atoms with Gasteiger partial charge < -0.3 is 19.1 Å². The highest BCUT2D eigenvalue weighted by Gasteiger charge is 2.25. The summed E-state index contributed by atoms with van der Waals surface area (Å²) in [5.74, 6) is -0.185. The van der Waals surface area contributed by atoms with E-state index in [1.807, 2.05) is 22.8 Å². The van der Waals surface area contributed by atoms with Gasteiger partial charge in [-0.3, -0.25) is 4.90 Å². The number of methoxy groups -OCH3 is 1. The van der Waals surface area contributed by atoms with Crippen molar-refractivity contribution in [3.05, 3.63) is 88.1 Å². The van der Waals surface area contributed by atoms with Crippen molar-refractivity contribution >= 4 is 17.0 Å². The lowest BCUT2D eigenvalue weighted by Crippen LogP contribution is -2.33. The minimum absolute atomic E-state index is 0.0119. The highest BCUT2D eigenvalue weighted by molar-refractivity contribution is 5.95. The van der Waals surface area contributed by atoms with Crippen molar-refractivity contribution in [3.8, 4) is 18.0 Å². The molecule has 1 aliphatic rings. The molecule has 3 heterocycles. The standard InChI is InChI=1S/C31H29FN6O4/c1-41-12-11-38-27-15-23(31(39)40)14-24(17-34)30(27)36-28(38)18-37-9-7-21(8-10-37)26-3-2-4-29(35-26)42-19-22-6-5-20(16-33)13-25(22)32/h2-6,13-15,21H,7-12,18-19H2,1H3,(H,39,40). The van der Waals surface area contributed by atoms with Crippen LogP contribution in [-0.2, 0) is 24.4 Å². The number of benzene rings is 2. The number of hydrogen-bond donors (Lipinski definition) is 1. The topological polar surface area (TPSA) is 137 Å². The molecule has 1 saturated heterocycles. The van der Waals surface area contributed by atoms with Crippen LogP contribution < -0.4 is 4.74 Å². The minimum Gasteiger partial charge on any atom is -0.478 e. The molecule has 0 atom stereocenters. The smallest absolute Gasteiger partial charge is 0.335 e. The molecule has 0 saturated carbocycles. The van der Waals surface area contributed by atoms with E-state index in [1.165, 1.54) is 12.1 Å². The van der Waals surface area contributed by atoms with E-state index in [0.717, 1.165) is 37.4 Å². The Morgan fingerprint density at radius 1 is 1.12 bits per heavy atom. The first-order valence-electron chi connectivity index (χ1n) is 13.6. The number of carbonyl (C=O) groups is 1. The number of fused-ring (bicyclic) bond motifs is 1. The Balaban J connectivity index is 1.26. The molecule has 0 unspecified atom stereocenters. The van der Waals surface area contributed by atoms with Crippen LogP contribution in [0.5, 0.6) is 5.88 Å². The van der Waals surface area contributed by atoms with Crippen LogP contribution in [0.4, 0.5) is 4.39 Å². The van der Waals surface area contributed by atoms with Gasteiger partial charge >= 0.3 is 5.97 Å². The van der Waals surface area contributed by atoms with Crippen molar-refractivity contribution in [1.29, 1.82) is 10.5 Å². The van der Waals surface area contributed by atoms with Gasteiger partial charge in [-0.05, 0) is 56.3 Å². The number of pyridine rings is 1. The lowest BCUT2D eigenvalue weighted by molar-refractivity contribution is 0.0697. The monoisotopic (exact) mass is 568 g/mol. The molecule has 5 rings (SSSR count). The van der Waals surface area contributed by atoms with Crippen LogP contribution in [0.2, 0.25) is 0 Å². The number of carboxylic acids is 1. The van der Waals surface area contributed by atoms with Crippen molar-refractivity contribution in [2.75, 3.05) is 26.8 Å². The maximum Gasteiger partial charge on any atom is 0.335 e. The normalized spacial score (nSPS) is 14.0. The van der Waals surface area contributed by atoms with Gasteiger partial charge in [0.1, 0.15) is 29.8 Å². The SMILES string of the molecule is COCCn1c(CN2CCC(c3cccc(OCc4ccc(C#N)cc4F)n3)CC2)nc2c(C#N)cc(C(=O)O)cc21. The summed E-state index contributed by atoms with van der Waals surface area (Å²) in [7, 11) is 1.60. The molecule has 2 aromatic carbocycles. The molecule has 1 N–H and O–H groups in total. The average molecular weight is 569 g/mol. The molecule has 1 aliphatic heterocycles. The second-order valence-electron chi connectivity index (χ2n) is 10.1. The van der Waals surface area contributed by atoms with E-state index in [2.05, 4.69) is 16.0 Å². The zero-order valence-corrected chi connectivity index (χ0v) is 23.1. The van der Waals surface area contributed by atoms with Crippen molar-refractivity contribution in [2.24, 2.45) is 0 Å². The van der Waals surface area contributed by atoms with Crippen LogP contribution in [0.3, 0.4) is 0 Å². The van der Waals surface area contributed by atoms with E-state index in [4.69, 9.17) is 19.7 Å². The van der Waals surface area contributed by atoms with E-state index in [0.29, 0.717) is 42.2 Å². The first-order chi connectivity index (χ1) is 20.4. The highest BCUT2D eigenvalue weighted by atomic mass is 19.1. The molecule has 10 nitrogen and oxygen atoms in total. The Labute approximate surface area is 242 Å². The first kappa shape index (κ1) is 28.7. The van der Waals surface area contributed by atoms with E-state index in [-0.39, 0.29) is 29.2 Å². The number of aromatic nitrogens is 3. The Kier molecular flexibility index (Phi) is 8.72. The third kappa shape index (κ3) is 6.23. The second kappa shape index (κ2) is 12.8. The third-order valence-electron chi connectivity index (χ3n) is 7.49. The fourth-order valence-electron chi connectivity index (χ4n) is 5.24. The number of nitrogens with zero attached hydrogens (tertiary/aromatic N) is 6. The number of hydrogen-bond acceptors (Lipinski definition) is 8. The quantitative estimate of drug-likeness (QED) is 0.291. The molecular weight excluding hydrogens is 539 g/mol. The molecule has 214 valence electrons. The van der Waals surface area contributed by atoms with Crippen LogP contribution in [0.15, 0.2) is 48.5 Å². The van der Waals surface area contributed by atoms with Gasteiger partial charge in [-0.2, -0.15) is 10.5 Å². The Bertz CT molecular complexity index is 1700. The third-order valence-corrected chi connectivity index (χ3v) is 7.49. The van der Waals surface area contributed by atoms with E-state index < -0.39 is 11.8 Å². The molecule has 1 fully saturated rings. The summed E-state index contributed by atoms with van der Waals surface area (Å²) in [6.07, 6.45) is 1.73. The van der Waals surface area contributed by atoms with Crippen LogP contribution in [-0.4, -0.2) is 57.3 Å². The van der Waals surface area contributed by atoms with Gasteiger partial charge in [0.05, 0.1) is 41.4 Å². The van der Waals surface area contributed by atoms with Crippen LogP contribution in [0.25, 0.3) is 11.0 Å². The lowest BCUT2D eigenvalue weighted by atomic mass is 9.93. The summed E-state index contributed by atoms with van der Waals surface area (Å²) in [5.41, 5.74) is 2.91. The maximum absolute atomic E-state index is 14.2. The lowest BCUT2D eigenvalue weighted by Gasteiger charge is -2.31. The van der Waals surface area contributed by atoms with Gasteiger partial charge in [-0.15, -0.1) is 0 Å². The number of carboxylic acid groups (broad SMARTS) is 1. The summed E-state index contributed by atoms with van der Waals surface area (Å²) in [4.78, 5) is 23.4. The van der Waals surface area contributed by atoms with Crippen LogP contribution in [0.1, 0.15) is 57.3 Å². The van der Waals surface area contributed by atoms with Gasteiger partial charge in [-0.25, -0.2) is 19.2 Å². The van der Waals surface area contributed by atoms with Gasteiger partial charge in [0.2, 0.25) is 5.88 Å². The average Bonchev–Trinajstić information content (AvgIpc) is 3.35. The van der Waals surface area contributed by atoms with Gasteiger partial charge in [0.25, 0.3) is 0 Å². The second-order valence-corrected chi connectivity index (χ2v) is 10.1. The van der Waals surface area contributed by atoms with Crippen molar-refractivity contribution < 1.29 is 23.8 Å².